The van der Waals surface area contributed by atoms with E-state index in [-0.39, 0.29) is 17.1 Å². The van der Waals surface area contributed by atoms with Crippen molar-refractivity contribution < 1.29 is 45.8 Å². The largest absolute Gasteiger partial charge is 2.00 e. The number of nitrogens with two attached hydrogens (primary N) is 1. The van der Waals surface area contributed by atoms with Gasteiger partial charge in [-0.3, -0.25) is 0 Å². The Labute approximate surface area is 421 Å². The predicted octanol–water partition coefficient (Wildman–Crippen LogP) is 17.9. The second kappa shape index (κ2) is 59.8. The zero-order valence-corrected chi connectivity index (χ0v) is 47.5. The van der Waals surface area contributed by atoms with E-state index < -0.39 is 17.5 Å². The molecule has 0 heterocycles. The molecule has 0 aromatic rings. The minimum atomic E-state index is -2.85. The van der Waals surface area contributed by atoms with Crippen molar-refractivity contribution in [1.29, 1.82) is 0 Å². The molecule has 0 rings (SSSR count). The van der Waals surface area contributed by atoms with Crippen LogP contribution in [0.5, 0.6) is 0 Å². The number of carbonyl (C=O) groups is 1. The molecule has 2 unspecified atom stereocenters. The summed E-state index contributed by atoms with van der Waals surface area (Å²) >= 11 is 13.1. The van der Waals surface area contributed by atoms with Crippen LogP contribution < -0.4 is 15.5 Å². The summed E-state index contributed by atoms with van der Waals surface area (Å²) in [4.78, 5) is 33.4. The minimum absolute atomic E-state index is 0. The van der Waals surface area contributed by atoms with Crippen molar-refractivity contribution in [3.05, 3.63) is 0 Å². The van der Waals surface area contributed by atoms with Gasteiger partial charge in [-0.1, -0.05) is 282 Å². The zero-order valence-electron chi connectivity index (χ0n) is 41.5. The molecule has 0 aromatic heterocycles. The molecule has 63 heavy (non-hydrogen) atoms. The number of hydrogen-bond donors (Lipinski definition) is 2. The topological polar surface area (TPSA) is 128 Å². The maximum Gasteiger partial charge on any atom is 2.00 e. The quantitative estimate of drug-likeness (QED) is 0.0345. The fraction of sp³-hybridized carbons (Fsp3) is 0.980. The maximum atomic E-state index is 12.3. The number of rotatable bonds is 48. The summed E-state index contributed by atoms with van der Waals surface area (Å²) in [5.74, 6) is 1.77. The van der Waals surface area contributed by atoms with Gasteiger partial charge in [-0.05, 0) is 37.2 Å². The third-order valence-electron chi connectivity index (χ3n) is 11.0. The molecule has 1 amide bonds. The molecule has 14 heteroatoms. The molecular weight excluding hydrogens is 952 g/mol. The summed E-state index contributed by atoms with van der Waals surface area (Å²) in [5, 5.41) is 7.19. The van der Waals surface area contributed by atoms with Crippen molar-refractivity contribution in [3.8, 4) is 0 Å². The Morgan fingerprint density at radius 3 is 0.762 bits per heavy atom. The monoisotopic (exact) mass is 1050 g/mol. The van der Waals surface area contributed by atoms with Crippen LogP contribution in [0.4, 0.5) is 4.79 Å². The van der Waals surface area contributed by atoms with Gasteiger partial charge in [0, 0.05) is 11.4 Å². The van der Waals surface area contributed by atoms with Crippen molar-refractivity contribution >= 4 is 63.9 Å². The van der Waals surface area contributed by atoms with Gasteiger partial charge < -0.3 is 29.7 Å². The number of amides is 1. The van der Waals surface area contributed by atoms with E-state index in [1.165, 1.54) is 254 Å². The fourth-order valence-corrected chi connectivity index (χ4v) is 13.9. The molecule has 2 atom stereocenters. The van der Waals surface area contributed by atoms with E-state index in [0.29, 0.717) is 13.2 Å². The Kier molecular flexibility index (Phi) is 67.5. The molecule has 0 fully saturated rings. The maximum absolute atomic E-state index is 12.3. The SMILES string of the molecule is CCCCCCCCCCCCOP([O-])(=S)SCCCCCCCCCCCC.CCCCCCCCCCCCOP([O-])(=S)SCCCCCCCCCCCC.NC(=O)O.[Cu+2]. The van der Waals surface area contributed by atoms with Crippen LogP contribution in [-0.2, 0) is 49.7 Å². The van der Waals surface area contributed by atoms with E-state index in [1.807, 2.05) is 0 Å². The summed E-state index contributed by atoms with van der Waals surface area (Å²) in [6.45, 7) is 10.2. The molecule has 0 spiro atoms. The second-order valence-corrected chi connectivity index (χ2v) is 29.6. The van der Waals surface area contributed by atoms with Gasteiger partial charge >= 0.3 is 23.2 Å². The molecule has 0 aromatic carbocycles. The molecule has 1 radical (unpaired) electrons. The Hall–Kier alpha value is 1.63. The summed E-state index contributed by atoms with van der Waals surface area (Å²) in [6.07, 6.45) is 51.2. The molecule has 0 aliphatic carbocycles. The zero-order chi connectivity index (χ0) is 46.5. The Morgan fingerprint density at radius 2 is 0.571 bits per heavy atom. The molecule has 7 nitrogen and oxygen atoms in total. The molecule has 0 saturated heterocycles. The van der Waals surface area contributed by atoms with Gasteiger partial charge in [-0.2, -0.15) is 0 Å². The van der Waals surface area contributed by atoms with Crippen molar-refractivity contribution in [2.24, 2.45) is 5.73 Å². The second-order valence-electron chi connectivity index (χ2n) is 17.3. The van der Waals surface area contributed by atoms with Crippen LogP contribution in [0, 0.1) is 0 Å². The van der Waals surface area contributed by atoms with Crippen molar-refractivity contribution in [1.82, 2.24) is 0 Å². The van der Waals surface area contributed by atoms with Crippen LogP contribution >= 0.6 is 34.2 Å². The van der Waals surface area contributed by atoms with Crippen LogP contribution in [0.1, 0.15) is 285 Å². The first kappa shape index (κ1) is 71.2. The Bertz CT molecular complexity index is 847. The summed E-state index contributed by atoms with van der Waals surface area (Å²) in [7, 11) is 0. The molecule has 3 N–H and O–H groups in total. The normalized spacial score (nSPS) is 12.9. The molecule has 0 bridgehead atoms. The van der Waals surface area contributed by atoms with Crippen molar-refractivity contribution in [3.63, 3.8) is 0 Å². The van der Waals surface area contributed by atoms with Crippen LogP contribution in [0.2, 0.25) is 0 Å². The van der Waals surface area contributed by atoms with Gasteiger partial charge in [0.15, 0.2) is 0 Å². The average Bonchev–Trinajstić information content (AvgIpc) is 3.23. The summed E-state index contributed by atoms with van der Waals surface area (Å²) in [5.41, 5.74) is -1.67. The van der Waals surface area contributed by atoms with E-state index in [2.05, 4.69) is 33.4 Å². The summed E-state index contributed by atoms with van der Waals surface area (Å²) < 4.78 is 11.1. The van der Waals surface area contributed by atoms with E-state index in [4.69, 9.17) is 42.6 Å². The standard InChI is InChI=1S/2C24H51O2PS2.CH3NO2.Cu/c2*1-3-5-7-9-11-13-15-17-19-21-23-26-27(25,28)29-24-22-20-18-16-14-12-10-8-6-4-2;2-1(3)4;/h2*3-24H2,1-2H3,(H,25,28);2H2,(H,3,4);/q;;;+2/p-2. The van der Waals surface area contributed by atoms with E-state index in [0.717, 1.165) is 37.2 Å². The first-order valence-corrected chi connectivity index (χ1v) is 34.6. The average molecular weight is 1060 g/mol. The number of carboxylic acid groups (broad SMARTS) is 1. The van der Waals surface area contributed by atoms with E-state index in [1.54, 1.807) is 0 Å². The van der Waals surface area contributed by atoms with Gasteiger partial charge in [-0.15, -0.1) is 22.8 Å². The van der Waals surface area contributed by atoms with E-state index in [9.17, 15) is 9.79 Å². The fourth-order valence-electron chi connectivity index (χ4n) is 7.14. The minimum Gasteiger partial charge on any atom is -0.793 e. The van der Waals surface area contributed by atoms with Gasteiger partial charge in [0.25, 0.3) is 0 Å². The van der Waals surface area contributed by atoms with Crippen molar-refractivity contribution in [2.45, 2.75) is 285 Å². The molecule has 0 aliphatic heterocycles. The smallest absolute Gasteiger partial charge is 0.793 e. The number of primary amides is 1. The van der Waals surface area contributed by atoms with Crippen molar-refractivity contribution in [2.75, 3.05) is 24.7 Å². The Balaban J connectivity index is -0.000000501. The third-order valence-corrected chi connectivity index (χ3v) is 19.7. The number of unbranched alkanes of at least 4 members (excludes halogenated alkanes) is 36. The molecule has 385 valence electrons. The van der Waals surface area contributed by atoms with Gasteiger partial charge in [0.05, 0.1) is 13.2 Å². The van der Waals surface area contributed by atoms with Gasteiger partial charge in [0.1, 0.15) is 0 Å². The van der Waals surface area contributed by atoms with Gasteiger partial charge in [0.2, 0.25) is 0 Å². The Morgan fingerprint density at radius 1 is 0.413 bits per heavy atom. The first-order valence-electron chi connectivity index (χ1n) is 26.2. The third kappa shape index (κ3) is 72.8. The molecular formula is C49H103CuNO6P2S4. The van der Waals surface area contributed by atoms with E-state index >= 15 is 0 Å². The summed E-state index contributed by atoms with van der Waals surface area (Å²) in [6, 6.07) is 0. The predicted molar refractivity (Wildman–Crippen MR) is 285 cm³/mol. The molecule has 0 aliphatic rings. The van der Waals surface area contributed by atoms with Crippen LogP contribution in [0.25, 0.3) is 0 Å². The molecule has 0 saturated carbocycles. The van der Waals surface area contributed by atoms with Crippen LogP contribution in [0.15, 0.2) is 0 Å². The van der Waals surface area contributed by atoms with Crippen LogP contribution in [-0.4, -0.2) is 35.9 Å². The number of hydrogen-bond acceptors (Lipinski definition) is 9. The van der Waals surface area contributed by atoms with Gasteiger partial charge in [-0.25, -0.2) is 4.79 Å². The first-order chi connectivity index (χ1) is 30.0. The van der Waals surface area contributed by atoms with Crippen LogP contribution in [0.3, 0.4) is 0 Å².